The first-order chi connectivity index (χ1) is 14.3. The maximum atomic E-state index is 12.8. The van der Waals surface area contributed by atoms with Crippen molar-refractivity contribution in [3.63, 3.8) is 0 Å². The Hall–Kier alpha value is -3.28. The molecule has 0 aromatic heterocycles. The second-order valence-electron chi connectivity index (χ2n) is 7.81. The highest BCUT2D eigenvalue weighted by Gasteiger charge is 2.45. The first kappa shape index (κ1) is 21.4. The number of hydrogen-bond acceptors (Lipinski definition) is 5. The normalized spacial score (nSPS) is 18.3. The van der Waals surface area contributed by atoms with Gasteiger partial charge >= 0.3 is 0 Å². The molecule has 1 atom stereocenters. The van der Waals surface area contributed by atoms with Gasteiger partial charge in [-0.2, -0.15) is 0 Å². The minimum atomic E-state index is -0.709. The lowest BCUT2D eigenvalue weighted by Crippen LogP contribution is -2.30. The van der Waals surface area contributed by atoms with Gasteiger partial charge in [-0.25, -0.2) is 0 Å². The molecule has 1 aliphatic heterocycles. The van der Waals surface area contributed by atoms with Gasteiger partial charge in [-0.3, -0.25) is 9.59 Å². The number of aliphatic hydroxyl groups excluding tert-OH is 1. The monoisotopic (exact) mass is 409 g/mol. The number of phenols is 1. The average Bonchev–Trinajstić information content (AvgIpc) is 2.98. The number of amides is 1. The molecule has 0 radical (unpaired) electrons. The first-order valence-corrected chi connectivity index (χ1v) is 10.1. The smallest absolute Gasteiger partial charge is 0.295 e. The van der Waals surface area contributed by atoms with Gasteiger partial charge in [0.05, 0.1) is 18.2 Å². The molecule has 2 aromatic rings. The summed E-state index contributed by atoms with van der Waals surface area (Å²) in [5.74, 6) is -0.421. The van der Waals surface area contributed by atoms with E-state index in [0.29, 0.717) is 42.4 Å². The van der Waals surface area contributed by atoms with Crippen molar-refractivity contribution in [1.29, 1.82) is 0 Å². The van der Waals surface area contributed by atoms with Crippen molar-refractivity contribution in [2.45, 2.75) is 33.2 Å². The summed E-state index contributed by atoms with van der Waals surface area (Å²) in [5, 5.41) is 20.6. The molecule has 0 aliphatic carbocycles. The van der Waals surface area contributed by atoms with Crippen LogP contribution in [-0.2, 0) is 9.59 Å². The van der Waals surface area contributed by atoms with Crippen LogP contribution < -0.4 is 4.74 Å². The molecule has 1 heterocycles. The number of carbonyl (C=O) groups excluding carboxylic acids is 2. The van der Waals surface area contributed by atoms with Gasteiger partial charge in [0, 0.05) is 12.1 Å². The van der Waals surface area contributed by atoms with E-state index in [0.717, 1.165) is 0 Å². The van der Waals surface area contributed by atoms with E-state index in [-0.39, 0.29) is 17.1 Å². The maximum Gasteiger partial charge on any atom is 0.295 e. The molecular weight excluding hydrogens is 382 g/mol. The summed E-state index contributed by atoms with van der Waals surface area (Å²) in [6.45, 7) is 6.99. The zero-order valence-electron chi connectivity index (χ0n) is 17.5. The summed E-state index contributed by atoms with van der Waals surface area (Å²) in [6, 6.07) is 12.4. The number of carbonyl (C=O) groups is 2. The van der Waals surface area contributed by atoms with Gasteiger partial charge in [-0.15, -0.1) is 0 Å². The molecule has 6 nitrogen and oxygen atoms in total. The number of ketones is 1. The van der Waals surface area contributed by atoms with Crippen LogP contribution in [0.5, 0.6) is 11.5 Å². The molecule has 30 heavy (non-hydrogen) atoms. The van der Waals surface area contributed by atoms with Crippen LogP contribution in [0.15, 0.2) is 54.1 Å². The van der Waals surface area contributed by atoms with Gasteiger partial charge in [0.1, 0.15) is 17.3 Å². The summed E-state index contributed by atoms with van der Waals surface area (Å²) in [6.07, 6.45) is 0.670. The number of aliphatic hydroxyl groups is 1. The van der Waals surface area contributed by atoms with Crippen LogP contribution in [-0.4, -0.2) is 40.0 Å². The molecule has 0 saturated carbocycles. The highest BCUT2D eigenvalue weighted by molar-refractivity contribution is 6.46. The molecular formula is C24H27NO5. The lowest BCUT2D eigenvalue weighted by atomic mass is 9.95. The molecule has 1 aliphatic rings. The number of aromatic hydroxyl groups is 1. The third-order valence-corrected chi connectivity index (χ3v) is 4.92. The van der Waals surface area contributed by atoms with Crippen molar-refractivity contribution in [1.82, 2.24) is 4.90 Å². The van der Waals surface area contributed by atoms with E-state index in [9.17, 15) is 19.8 Å². The second-order valence-corrected chi connectivity index (χ2v) is 7.81. The molecule has 0 spiro atoms. The van der Waals surface area contributed by atoms with Crippen molar-refractivity contribution in [2.24, 2.45) is 5.92 Å². The summed E-state index contributed by atoms with van der Waals surface area (Å²) < 4.78 is 5.67. The van der Waals surface area contributed by atoms with Gasteiger partial charge < -0.3 is 19.8 Å². The SMILES string of the molecule is CCCN1C(=O)C(=O)/C(=C(\O)c2ccc(OCC(C)C)cc2)C1c1ccc(O)cc1. The summed E-state index contributed by atoms with van der Waals surface area (Å²) in [4.78, 5) is 26.9. The molecule has 3 rings (SSSR count). The van der Waals surface area contributed by atoms with Gasteiger partial charge in [-0.1, -0.05) is 32.9 Å². The summed E-state index contributed by atoms with van der Waals surface area (Å²) in [7, 11) is 0. The fraction of sp³-hybridized carbons (Fsp3) is 0.333. The van der Waals surface area contributed by atoms with E-state index < -0.39 is 17.7 Å². The molecule has 0 bridgehead atoms. The molecule has 6 heteroatoms. The standard InChI is InChI=1S/C24H27NO5/c1-4-13-25-21(16-5-9-18(26)10-6-16)20(23(28)24(25)29)22(27)17-7-11-19(12-8-17)30-14-15(2)3/h5-12,15,21,26-27H,4,13-14H2,1-3H3/b22-20-. The Kier molecular flexibility index (Phi) is 6.45. The second kappa shape index (κ2) is 9.03. The van der Waals surface area contributed by atoms with Gasteiger partial charge in [0.25, 0.3) is 11.7 Å². The van der Waals surface area contributed by atoms with Crippen molar-refractivity contribution in [3.8, 4) is 11.5 Å². The van der Waals surface area contributed by atoms with E-state index >= 15 is 0 Å². The van der Waals surface area contributed by atoms with Crippen molar-refractivity contribution >= 4 is 17.4 Å². The Morgan fingerprint density at radius 3 is 2.27 bits per heavy atom. The number of hydrogen-bond donors (Lipinski definition) is 2. The van der Waals surface area contributed by atoms with Crippen LogP contribution >= 0.6 is 0 Å². The summed E-state index contributed by atoms with van der Waals surface area (Å²) >= 11 is 0. The van der Waals surface area contributed by atoms with Crippen LogP contribution in [0.2, 0.25) is 0 Å². The Bertz CT molecular complexity index is 945. The Morgan fingerprint density at radius 2 is 1.70 bits per heavy atom. The van der Waals surface area contributed by atoms with Crippen LogP contribution in [0.1, 0.15) is 44.4 Å². The highest BCUT2D eigenvalue weighted by atomic mass is 16.5. The van der Waals surface area contributed by atoms with E-state index in [1.54, 1.807) is 36.4 Å². The quantitative estimate of drug-likeness (QED) is 0.405. The van der Waals surface area contributed by atoms with E-state index in [4.69, 9.17) is 4.74 Å². The van der Waals surface area contributed by atoms with Gasteiger partial charge in [0.15, 0.2) is 0 Å². The number of nitrogens with zero attached hydrogens (tertiary/aromatic N) is 1. The fourth-order valence-electron chi connectivity index (χ4n) is 3.48. The molecule has 1 fully saturated rings. The third kappa shape index (κ3) is 4.32. The topological polar surface area (TPSA) is 87.1 Å². The van der Waals surface area contributed by atoms with Crippen molar-refractivity contribution < 1.29 is 24.5 Å². The van der Waals surface area contributed by atoms with Crippen LogP contribution in [0, 0.1) is 5.92 Å². The van der Waals surface area contributed by atoms with Crippen LogP contribution in [0.4, 0.5) is 0 Å². The zero-order valence-corrected chi connectivity index (χ0v) is 17.5. The average molecular weight is 409 g/mol. The molecule has 1 saturated heterocycles. The Morgan fingerprint density at radius 1 is 1.07 bits per heavy atom. The molecule has 158 valence electrons. The predicted molar refractivity (Wildman–Crippen MR) is 114 cm³/mol. The lowest BCUT2D eigenvalue weighted by Gasteiger charge is -2.24. The minimum Gasteiger partial charge on any atom is -0.508 e. The van der Waals surface area contributed by atoms with E-state index in [2.05, 4.69) is 13.8 Å². The number of ether oxygens (including phenoxy) is 1. The zero-order chi connectivity index (χ0) is 21.8. The third-order valence-electron chi connectivity index (χ3n) is 4.92. The molecule has 2 N–H and O–H groups in total. The highest BCUT2D eigenvalue weighted by Crippen LogP contribution is 2.39. The minimum absolute atomic E-state index is 0.0509. The number of benzene rings is 2. The van der Waals surface area contributed by atoms with E-state index in [1.807, 2.05) is 6.92 Å². The number of phenolic OH excluding ortho intramolecular Hbond substituents is 1. The first-order valence-electron chi connectivity index (χ1n) is 10.1. The van der Waals surface area contributed by atoms with Gasteiger partial charge in [-0.05, 0) is 54.3 Å². The van der Waals surface area contributed by atoms with Crippen LogP contribution in [0.25, 0.3) is 5.76 Å². The largest absolute Gasteiger partial charge is 0.508 e. The lowest BCUT2D eigenvalue weighted by molar-refractivity contribution is -0.139. The van der Waals surface area contributed by atoms with Gasteiger partial charge in [0.2, 0.25) is 0 Å². The Balaban J connectivity index is 2.02. The Labute approximate surface area is 176 Å². The number of likely N-dealkylation sites (tertiary alicyclic amines) is 1. The summed E-state index contributed by atoms with van der Waals surface area (Å²) in [5.41, 5.74) is 1.14. The number of Topliss-reactive ketones (excluding diaryl/α,β-unsaturated/α-hetero) is 1. The fourth-order valence-corrected chi connectivity index (χ4v) is 3.48. The van der Waals surface area contributed by atoms with E-state index in [1.165, 1.54) is 17.0 Å². The number of rotatable bonds is 7. The predicted octanol–water partition coefficient (Wildman–Crippen LogP) is 4.26. The maximum absolute atomic E-state index is 12.8. The molecule has 1 unspecified atom stereocenters. The van der Waals surface area contributed by atoms with Crippen molar-refractivity contribution in [2.75, 3.05) is 13.2 Å². The molecule has 1 amide bonds. The van der Waals surface area contributed by atoms with Crippen molar-refractivity contribution in [3.05, 3.63) is 65.2 Å². The molecule has 2 aromatic carbocycles. The van der Waals surface area contributed by atoms with Crippen LogP contribution in [0.3, 0.4) is 0 Å².